The Balaban J connectivity index is 1.92. The van der Waals surface area contributed by atoms with E-state index in [1.165, 1.54) is 0 Å². The van der Waals surface area contributed by atoms with E-state index in [0.29, 0.717) is 0 Å². The topological polar surface area (TPSA) is 82.6 Å². The standard InChI is InChI=1S/C8H10N4O2/c13-7-5-3(1-9-11-7)4-2-10-12-8(14)6(4)5/h1,3-6,10H,2H2,(H,11,13)(H,12,14)/t3-,4-,5-,6-/m1/s1. The molecule has 3 rings (SSSR count). The molecule has 2 fully saturated rings. The fourth-order valence-corrected chi connectivity index (χ4v) is 2.63. The predicted octanol–water partition coefficient (Wildman–Crippen LogP) is -1.79. The van der Waals surface area contributed by atoms with Gasteiger partial charge in [-0.1, -0.05) is 0 Å². The molecule has 0 unspecified atom stereocenters. The highest BCUT2D eigenvalue weighted by molar-refractivity contribution is 5.95. The molecule has 0 aromatic rings. The molecular weight excluding hydrogens is 184 g/mol. The number of carbonyl (C=O) groups excluding carboxylic acids is 2. The van der Waals surface area contributed by atoms with Crippen molar-refractivity contribution in [3.05, 3.63) is 0 Å². The zero-order valence-electron chi connectivity index (χ0n) is 7.36. The van der Waals surface area contributed by atoms with E-state index >= 15 is 0 Å². The minimum atomic E-state index is -0.209. The number of nitrogens with one attached hydrogen (secondary N) is 3. The predicted molar refractivity (Wildman–Crippen MR) is 46.7 cm³/mol. The minimum absolute atomic E-state index is 0.0760. The summed E-state index contributed by atoms with van der Waals surface area (Å²) >= 11 is 0. The zero-order valence-corrected chi connectivity index (χ0v) is 7.36. The molecule has 1 saturated heterocycles. The van der Waals surface area contributed by atoms with E-state index in [4.69, 9.17) is 0 Å². The van der Waals surface area contributed by atoms with Gasteiger partial charge in [0.1, 0.15) is 0 Å². The molecule has 2 heterocycles. The van der Waals surface area contributed by atoms with Crippen molar-refractivity contribution < 1.29 is 9.59 Å². The van der Waals surface area contributed by atoms with Gasteiger partial charge in [-0.05, 0) is 5.92 Å². The van der Waals surface area contributed by atoms with Crippen LogP contribution in [-0.2, 0) is 9.59 Å². The third-order valence-corrected chi connectivity index (χ3v) is 3.33. The summed E-state index contributed by atoms with van der Waals surface area (Å²) in [6.45, 7) is 0.719. The number of hydrazone groups is 1. The van der Waals surface area contributed by atoms with E-state index in [9.17, 15) is 9.59 Å². The lowest BCUT2D eigenvalue weighted by Gasteiger charge is -2.51. The molecule has 1 saturated carbocycles. The second-order valence-electron chi connectivity index (χ2n) is 3.92. The molecule has 6 nitrogen and oxygen atoms in total. The van der Waals surface area contributed by atoms with Crippen LogP contribution >= 0.6 is 0 Å². The summed E-state index contributed by atoms with van der Waals surface area (Å²) in [5.41, 5.74) is 7.77. The van der Waals surface area contributed by atoms with Crippen molar-refractivity contribution in [1.29, 1.82) is 0 Å². The van der Waals surface area contributed by atoms with Gasteiger partial charge < -0.3 is 0 Å². The van der Waals surface area contributed by atoms with Gasteiger partial charge in [-0.15, -0.1) is 0 Å². The maximum Gasteiger partial charge on any atom is 0.244 e. The summed E-state index contributed by atoms with van der Waals surface area (Å²) in [6.07, 6.45) is 1.74. The Morgan fingerprint density at radius 3 is 3.00 bits per heavy atom. The third kappa shape index (κ3) is 0.810. The molecule has 6 heteroatoms. The SMILES string of the molecule is O=C1NN=C[C@@H]2[C@H]3CNNC(=O)[C@H]3[C@H]12. The van der Waals surface area contributed by atoms with Gasteiger partial charge in [-0.3, -0.25) is 15.0 Å². The summed E-state index contributed by atoms with van der Waals surface area (Å²) in [6, 6.07) is 0. The Kier molecular flexibility index (Phi) is 1.44. The molecule has 0 aromatic carbocycles. The highest BCUT2D eigenvalue weighted by atomic mass is 16.2. The Hall–Kier alpha value is -1.43. The van der Waals surface area contributed by atoms with Crippen LogP contribution in [0.4, 0.5) is 0 Å². The van der Waals surface area contributed by atoms with Crippen molar-refractivity contribution >= 4 is 18.0 Å². The zero-order chi connectivity index (χ0) is 9.71. The first kappa shape index (κ1) is 7.93. The molecule has 14 heavy (non-hydrogen) atoms. The van der Waals surface area contributed by atoms with Crippen LogP contribution in [0.1, 0.15) is 0 Å². The minimum Gasteiger partial charge on any atom is -0.291 e. The van der Waals surface area contributed by atoms with Crippen LogP contribution in [0.15, 0.2) is 5.10 Å². The number of carbonyl (C=O) groups is 2. The maximum atomic E-state index is 11.5. The molecule has 0 radical (unpaired) electrons. The molecule has 2 aliphatic heterocycles. The number of hydrogen-bond donors (Lipinski definition) is 3. The first-order valence-electron chi connectivity index (χ1n) is 4.65. The molecule has 0 aromatic heterocycles. The lowest BCUT2D eigenvalue weighted by Crippen LogP contribution is -2.68. The molecule has 74 valence electrons. The molecule has 1 aliphatic carbocycles. The average molecular weight is 194 g/mol. The van der Waals surface area contributed by atoms with E-state index < -0.39 is 0 Å². The molecule has 4 atom stereocenters. The van der Waals surface area contributed by atoms with E-state index in [2.05, 4.69) is 21.4 Å². The smallest absolute Gasteiger partial charge is 0.244 e. The summed E-state index contributed by atoms with van der Waals surface area (Å²) in [5.74, 6) is -0.229. The summed E-state index contributed by atoms with van der Waals surface area (Å²) in [5, 5.41) is 3.77. The number of amides is 2. The third-order valence-electron chi connectivity index (χ3n) is 3.33. The Morgan fingerprint density at radius 1 is 1.29 bits per heavy atom. The Bertz CT molecular complexity index is 340. The second kappa shape index (κ2) is 2.54. The Morgan fingerprint density at radius 2 is 2.14 bits per heavy atom. The van der Waals surface area contributed by atoms with Gasteiger partial charge in [0.25, 0.3) is 0 Å². The number of hydrogen-bond acceptors (Lipinski definition) is 4. The van der Waals surface area contributed by atoms with Crippen molar-refractivity contribution in [3.63, 3.8) is 0 Å². The second-order valence-corrected chi connectivity index (χ2v) is 3.92. The molecule has 3 aliphatic rings. The van der Waals surface area contributed by atoms with Gasteiger partial charge in [-0.25, -0.2) is 10.9 Å². The van der Waals surface area contributed by atoms with E-state index in [1.807, 2.05) is 0 Å². The summed E-state index contributed by atoms with van der Waals surface area (Å²) < 4.78 is 0. The van der Waals surface area contributed by atoms with E-state index in [1.54, 1.807) is 6.21 Å². The van der Waals surface area contributed by atoms with Crippen molar-refractivity contribution in [3.8, 4) is 0 Å². The Labute approximate surface area is 80.1 Å². The quantitative estimate of drug-likeness (QED) is 0.426. The average Bonchev–Trinajstić information content (AvgIpc) is 2.14. The van der Waals surface area contributed by atoms with Gasteiger partial charge in [0.2, 0.25) is 11.8 Å². The fourth-order valence-electron chi connectivity index (χ4n) is 2.63. The highest BCUT2D eigenvalue weighted by Crippen LogP contribution is 2.47. The molecule has 0 spiro atoms. The van der Waals surface area contributed by atoms with E-state index in [0.717, 1.165) is 6.54 Å². The van der Waals surface area contributed by atoms with Crippen LogP contribution in [0, 0.1) is 23.7 Å². The van der Waals surface area contributed by atoms with Crippen LogP contribution in [0.3, 0.4) is 0 Å². The van der Waals surface area contributed by atoms with Gasteiger partial charge in [-0.2, -0.15) is 5.10 Å². The molecular formula is C8H10N4O2. The first-order chi connectivity index (χ1) is 6.79. The largest absolute Gasteiger partial charge is 0.291 e. The number of rotatable bonds is 0. The molecule has 2 amide bonds. The number of nitrogens with zero attached hydrogens (tertiary/aromatic N) is 1. The van der Waals surface area contributed by atoms with Crippen LogP contribution in [0.5, 0.6) is 0 Å². The lowest BCUT2D eigenvalue weighted by atomic mass is 9.55. The summed E-state index contributed by atoms with van der Waals surface area (Å²) in [7, 11) is 0. The van der Waals surface area contributed by atoms with Crippen LogP contribution in [-0.4, -0.2) is 24.6 Å². The molecule has 0 bridgehead atoms. The van der Waals surface area contributed by atoms with Gasteiger partial charge in [0.05, 0.1) is 11.8 Å². The number of fused-ring (bicyclic) bond motifs is 4. The van der Waals surface area contributed by atoms with Crippen molar-refractivity contribution in [1.82, 2.24) is 16.3 Å². The van der Waals surface area contributed by atoms with Crippen molar-refractivity contribution in [2.45, 2.75) is 0 Å². The van der Waals surface area contributed by atoms with E-state index in [-0.39, 0.29) is 35.5 Å². The van der Waals surface area contributed by atoms with Crippen molar-refractivity contribution in [2.75, 3.05) is 6.54 Å². The first-order valence-corrected chi connectivity index (χ1v) is 4.65. The fraction of sp³-hybridized carbons (Fsp3) is 0.625. The number of hydrazine groups is 1. The van der Waals surface area contributed by atoms with Gasteiger partial charge in [0.15, 0.2) is 0 Å². The van der Waals surface area contributed by atoms with Crippen LogP contribution < -0.4 is 16.3 Å². The molecule has 3 N–H and O–H groups in total. The monoisotopic (exact) mass is 194 g/mol. The highest BCUT2D eigenvalue weighted by Gasteiger charge is 2.58. The van der Waals surface area contributed by atoms with Gasteiger partial charge in [0, 0.05) is 18.7 Å². The maximum absolute atomic E-state index is 11.5. The van der Waals surface area contributed by atoms with Crippen molar-refractivity contribution in [2.24, 2.45) is 28.8 Å². The summed E-state index contributed by atoms with van der Waals surface area (Å²) in [4.78, 5) is 22.9. The van der Waals surface area contributed by atoms with Crippen LogP contribution in [0.25, 0.3) is 0 Å². The van der Waals surface area contributed by atoms with Crippen LogP contribution in [0.2, 0.25) is 0 Å². The van der Waals surface area contributed by atoms with Gasteiger partial charge >= 0.3 is 0 Å². The lowest BCUT2D eigenvalue weighted by molar-refractivity contribution is -0.154. The normalized spacial score (nSPS) is 44.3.